The van der Waals surface area contributed by atoms with Crippen LogP contribution in [-0.2, 0) is 11.3 Å². The van der Waals surface area contributed by atoms with Crippen molar-refractivity contribution in [3.8, 4) is 0 Å². The molecule has 0 unspecified atom stereocenters. The third-order valence-corrected chi connectivity index (χ3v) is 5.72. The van der Waals surface area contributed by atoms with Crippen molar-refractivity contribution in [3.05, 3.63) is 30.4 Å². The molecule has 0 saturated carbocycles. The van der Waals surface area contributed by atoms with Crippen molar-refractivity contribution in [2.45, 2.75) is 56.8 Å². The Labute approximate surface area is 198 Å². The average Bonchev–Trinajstić information content (AvgIpc) is 3.16. The second-order valence-corrected chi connectivity index (χ2v) is 9.03. The van der Waals surface area contributed by atoms with Gasteiger partial charge in [-0.25, -0.2) is 14.8 Å². The summed E-state index contributed by atoms with van der Waals surface area (Å²) in [6.45, 7) is 8.10. The average molecular weight is 426 g/mol. The minimum atomic E-state index is -0.530. The maximum absolute atomic E-state index is 12.5. The number of thiol groups is 1. The molecule has 1 N–H and O–H groups in total. The normalized spacial score (nSPS) is 20.1. The van der Waals surface area contributed by atoms with Gasteiger partial charge >= 0.3 is 6.09 Å². The van der Waals surface area contributed by atoms with Crippen LogP contribution in [0.1, 0.15) is 45.3 Å². The summed E-state index contributed by atoms with van der Waals surface area (Å²) in [6, 6.07) is 1.87. The number of alkyl carbamates (subject to hydrolysis) is 1. The summed E-state index contributed by atoms with van der Waals surface area (Å²) in [7, 11) is 0. The number of ether oxygens (including phenoxy) is 1. The number of rotatable bonds is 2. The Morgan fingerprint density at radius 3 is 2.62 bits per heavy atom. The van der Waals surface area contributed by atoms with Gasteiger partial charge in [0.1, 0.15) is 16.4 Å². The van der Waals surface area contributed by atoms with Crippen LogP contribution >= 0.6 is 12.6 Å². The van der Waals surface area contributed by atoms with Crippen LogP contribution in [0.4, 0.5) is 10.6 Å². The van der Waals surface area contributed by atoms with Crippen molar-refractivity contribution >= 4 is 54.1 Å². The molecule has 1 atom stereocenters. The van der Waals surface area contributed by atoms with Gasteiger partial charge in [-0.05, 0) is 39.7 Å². The number of nitrogens with zero attached hydrogens (tertiary/aromatic N) is 5. The molecule has 151 valence electrons. The van der Waals surface area contributed by atoms with Gasteiger partial charge in [0, 0.05) is 60.8 Å². The van der Waals surface area contributed by atoms with Gasteiger partial charge in [0.15, 0.2) is 0 Å². The molecule has 0 aromatic carbocycles. The first-order chi connectivity index (χ1) is 13.3. The molecule has 1 saturated heterocycles. The number of fused-ring (bicyclic) bond motifs is 1. The van der Waals surface area contributed by atoms with E-state index in [2.05, 4.69) is 37.9 Å². The van der Waals surface area contributed by atoms with E-state index in [0.29, 0.717) is 5.03 Å². The number of carbonyl (C=O) groups excluding carboxylic acids is 1. The van der Waals surface area contributed by atoms with E-state index in [4.69, 9.17) is 4.74 Å². The molecule has 4 rings (SSSR count). The number of hydrogen-bond acceptors (Lipinski definition) is 7. The van der Waals surface area contributed by atoms with E-state index in [0.717, 1.165) is 44.0 Å². The molecule has 29 heavy (non-hydrogen) atoms. The smallest absolute Gasteiger partial charge is 0.408 e. The van der Waals surface area contributed by atoms with Crippen LogP contribution in [0.5, 0.6) is 0 Å². The quantitative estimate of drug-likeness (QED) is 0.568. The van der Waals surface area contributed by atoms with E-state index in [-0.39, 0.29) is 47.1 Å². The van der Waals surface area contributed by atoms with Crippen molar-refractivity contribution in [1.82, 2.24) is 25.1 Å². The second-order valence-electron chi connectivity index (χ2n) is 8.58. The predicted octanol–water partition coefficient (Wildman–Crippen LogP) is 2.45. The molecule has 0 bridgehead atoms. The second kappa shape index (κ2) is 8.45. The SMILES string of the molecule is CC(C)(C)OC(=O)N[C@@H]1c2ccnn2CC12CCN(c1cnc(S)cn1)CC2.[Na]. The van der Waals surface area contributed by atoms with Crippen molar-refractivity contribution in [3.63, 3.8) is 0 Å². The Balaban J connectivity index is 0.00000240. The van der Waals surface area contributed by atoms with Crippen molar-refractivity contribution in [2.24, 2.45) is 5.41 Å². The predicted molar refractivity (Wildman–Crippen MR) is 113 cm³/mol. The number of hydrogen-bond donors (Lipinski definition) is 2. The van der Waals surface area contributed by atoms with E-state index in [1.807, 2.05) is 31.5 Å². The zero-order chi connectivity index (χ0) is 19.9. The summed E-state index contributed by atoms with van der Waals surface area (Å²) in [5.41, 5.74) is 0.434. The number of nitrogens with one attached hydrogen (secondary N) is 1. The number of amides is 1. The maximum Gasteiger partial charge on any atom is 0.408 e. The Hall–Kier alpha value is -1.29. The molecule has 0 aliphatic carbocycles. The van der Waals surface area contributed by atoms with Crippen LogP contribution in [0.25, 0.3) is 0 Å². The van der Waals surface area contributed by atoms with Gasteiger partial charge in [-0.3, -0.25) is 4.68 Å². The van der Waals surface area contributed by atoms with E-state index < -0.39 is 5.60 Å². The van der Waals surface area contributed by atoms with Gasteiger partial charge in [-0.15, -0.1) is 12.6 Å². The Kier molecular flexibility index (Phi) is 6.53. The Morgan fingerprint density at radius 2 is 2.00 bits per heavy atom. The summed E-state index contributed by atoms with van der Waals surface area (Å²) >= 11 is 4.20. The summed E-state index contributed by atoms with van der Waals surface area (Å²) in [5, 5.41) is 8.18. The largest absolute Gasteiger partial charge is 0.444 e. The first-order valence-corrected chi connectivity index (χ1v) is 9.98. The van der Waals surface area contributed by atoms with Crippen LogP contribution < -0.4 is 10.2 Å². The fourth-order valence-electron chi connectivity index (χ4n) is 4.18. The first-order valence-electron chi connectivity index (χ1n) is 9.53. The first kappa shape index (κ1) is 22.4. The minimum absolute atomic E-state index is 0. The molecule has 1 spiro atoms. The zero-order valence-corrected chi connectivity index (χ0v) is 20.3. The van der Waals surface area contributed by atoms with Crippen molar-refractivity contribution in [1.29, 1.82) is 0 Å². The van der Waals surface area contributed by atoms with Crippen LogP contribution in [0.2, 0.25) is 0 Å². The summed E-state index contributed by atoms with van der Waals surface area (Å²) in [5.74, 6) is 0.861. The van der Waals surface area contributed by atoms with Crippen LogP contribution in [0.15, 0.2) is 29.7 Å². The summed E-state index contributed by atoms with van der Waals surface area (Å²) in [4.78, 5) is 23.4. The molecular weight excluding hydrogens is 399 g/mol. The number of anilines is 1. The van der Waals surface area contributed by atoms with E-state index in [1.54, 1.807) is 18.6 Å². The number of carbonyl (C=O) groups is 1. The molecule has 8 nitrogen and oxygen atoms in total. The third kappa shape index (κ3) is 4.73. The fraction of sp³-hybridized carbons (Fsp3) is 0.579. The van der Waals surface area contributed by atoms with Gasteiger partial charge in [0.25, 0.3) is 0 Å². The third-order valence-electron chi connectivity index (χ3n) is 5.49. The molecule has 2 aliphatic heterocycles. The van der Waals surface area contributed by atoms with Gasteiger partial charge in [0.05, 0.1) is 24.1 Å². The molecule has 2 aromatic heterocycles. The minimum Gasteiger partial charge on any atom is -0.444 e. The van der Waals surface area contributed by atoms with Crippen LogP contribution in [0.3, 0.4) is 0 Å². The number of piperidine rings is 1. The molecule has 2 aromatic rings. The van der Waals surface area contributed by atoms with Crippen molar-refractivity contribution in [2.75, 3.05) is 18.0 Å². The van der Waals surface area contributed by atoms with E-state index in [1.165, 1.54) is 0 Å². The van der Waals surface area contributed by atoms with Gasteiger partial charge in [-0.1, -0.05) is 0 Å². The zero-order valence-electron chi connectivity index (χ0n) is 17.4. The van der Waals surface area contributed by atoms with Gasteiger partial charge in [0.2, 0.25) is 0 Å². The van der Waals surface area contributed by atoms with Gasteiger partial charge in [-0.2, -0.15) is 5.10 Å². The van der Waals surface area contributed by atoms with Gasteiger partial charge < -0.3 is 15.0 Å². The standard InChI is InChI=1S/C19H26N6O2S.Na/c1-18(2,3)27-17(26)23-16-13-4-7-22-25(13)12-19(16)5-8-24(9-6-19)14-10-21-15(28)11-20-14;/h4,7,10-11,16H,5-6,8-9,12H2,1-3H3,(H,21,28)(H,23,26);/t16-;/m1./s1. The number of aromatic nitrogens is 4. The Morgan fingerprint density at radius 1 is 1.28 bits per heavy atom. The molecule has 1 radical (unpaired) electrons. The Bertz CT molecular complexity index is 858. The summed E-state index contributed by atoms with van der Waals surface area (Å²) < 4.78 is 7.52. The van der Waals surface area contributed by atoms with E-state index >= 15 is 0 Å². The van der Waals surface area contributed by atoms with Crippen molar-refractivity contribution < 1.29 is 9.53 Å². The topological polar surface area (TPSA) is 85.2 Å². The maximum atomic E-state index is 12.5. The monoisotopic (exact) mass is 425 g/mol. The molecule has 1 amide bonds. The summed E-state index contributed by atoms with van der Waals surface area (Å²) in [6.07, 6.45) is 6.67. The molecule has 4 heterocycles. The van der Waals surface area contributed by atoms with Crippen LogP contribution in [0, 0.1) is 5.41 Å². The van der Waals surface area contributed by atoms with E-state index in [9.17, 15) is 4.79 Å². The molecular formula is C19H26N6NaO2S. The van der Waals surface area contributed by atoms with Crippen LogP contribution in [-0.4, -0.2) is 74.1 Å². The molecule has 1 fully saturated rings. The fourth-order valence-corrected chi connectivity index (χ4v) is 4.30. The molecule has 10 heteroatoms. The molecule has 2 aliphatic rings.